The number of carbonyl (C=O) groups is 1. The maximum absolute atomic E-state index is 10.6. The maximum atomic E-state index is 10.6. The van der Waals surface area contributed by atoms with Gasteiger partial charge in [0.05, 0.1) is 12.1 Å². The summed E-state index contributed by atoms with van der Waals surface area (Å²) in [6.45, 7) is 4.08. The number of nitrogens with zero attached hydrogens (tertiary/aromatic N) is 1. The quantitative estimate of drug-likeness (QED) is 0.866. The minimum atomic E-state index is -0.803. The van der Waals surface area contributed by atoms with Crippen molar-refractivity contribution in [1.29, 1.82) is 0 Å². The van der Waals surface area contributed by atoms with Crippen LogP contribution in [-0.2, 0) is 17.6 Å². The number of benzene rings is 1. The number of rotatable bonds is 5. The zero-order valence-corrected chi connectivity index (χ0v) is 11.2. The molecule has 2 rings (SSSR count). The number of H-pyrrole nitrogens is 1. The summed E-state index contributed by atoms with van der Waals surface area (Å²) in [6, 6.07) is 8.31. The Morgan fingerprint density at radius 3 is 2.58 bits per heavy atom. The number of hydrogen-bond acceptors (Lipinski definition) is 2. The number of aryl methyl sites for hydroxylation is 3. The predicted octanol–water partition coefficient (Wildman–Crippen LogP) is 2.96. The first-order chi connectivity index (χ1) is 9.10. The van der Waals surface area contributed by atoms with Crippen LogP contribution in [0.25, 0.3) is 11.3 Å². The van der Waals surface area contributed by atoms with Gasteiger partial charge in [0.2, 0.25) is 0 Å². The first-order valence-electron chi connectivity index (χ1n) is 6.46. The van der Waals surface area contributed by atoms with Gasteiger partial charge in [-0.25, -0.2) is 4.98 Å². The van der Waals surface area contributed by atoms with Crippen molar-refractivity contribution in [3.63, 3.8) is 0 Å². The molecule has 1 heterocycles. The second-order valence-corrected chi connectivity index (χ2v) is 4.60. The number of imidazole rings is 1. The summed E-state index contributed by atoms with van der Waals surface area (Å²) in [6.07, 6.45) is 1.55. The fraction of sp³-hybridized carbons (Fsp3) is 0.333. The van der Waals surface area contributed by atoms with Gasteiger partial charge in [-0.3, -0.25) is 4.79 Å². The summed E-state index contributed by atoms with van der Waals surface area (Å²) in [5.74, 6) is -0.0719. The zero-order chi connectivity index (χ0) is 13.8. The predicted molar refractivity (Wildman–Crippen MR) is 74.1 cm³/mol. The van der Waals surface area contributed by atoms with Crippen LogP contribution < -0.4 is 0 Å². The smallest absolute Gasteiger partial charge is 0.303 e. The number of carboxylic acids is 1. The molecule has 0 saturated heterocycles. The molecule has 0 aliphatic rings. The van der Waals surface area contributed by atoms with Gasteiger partial charge in [-0.15, -0.1) is 0 Å². The number of aromatic nitrogens is 2. The summed E-state index contributed by atoms with van der Waals surface area (Å²) in [5.41, 5.74) is 4.24. The van der Waals surface area contributed by atoms with Crippen molar-refractivity contribution in [2.24, 2.45) is 0 Å². The SMILES string of the molecule is CCc1ccc(-c2nc(CCC(=O)O)[nH]c2C)cc1. The number of aromatic amines is 1. The second-order valence-electron chi connectivity index (χ2n) is 4.60. The molecule has 0 radical (unpaired) electrons. The summed E-state index contributed by atoms with van der Waals surface area (Å²) in [5, 5.41) is 8.68. The van der Waals surface area contributed by atoms with E-state index in [0.29, 0.717) is 6.42 Å². The lowest BCUT2D eigenvalue weighted by Crippen LogP contribution is -1.98. The third-order valence-corrected chi connectivity index (χ3v) is 3.15. The Bertz CT molecular complexity index is 570. The molecule has 0 spiro atoms. The molecule has 1 aromatic heterocycles. The van der Waals surface area contributed by atoms with Gasteiger partial charge in [-0.05, 0) is 18.9 Å². The molecule has 0 atom stereocenters. The van der Waals surface area contributed by atoms with Crippen LogP contribution in [0.4, 0.5) is 0 Å². The Morgan fingerprint density at radius 2 is 2.00 bits per heavy atom. The molecular formula is C15H18N2O2. The average molecular weight is 258 g/mol. The van der Waals surface area contributed by atoms with E-state index in [1.807, 2.05) is 6.92 Å². The van der Waals surface area contributed by atoms with Crippen molar-refractivity contribution in [1.82, 2.24) is 9.97 Å². The molecule has 0 saturated carbocycles. The zero-order valence-electron chi connectivity index (χ0n) is 11.2. The first-order valence-corrected chi connectivity index (χ1v) is 6.46. The third kappa shape index (κ3) is 3.22. The molecule has 0 unspecified atom stereocenters. The van der Waals surface area contributed by atoms with E-state index in [9.17, 15) is 4.79 Å². The van der Waals surface area contributed by atoms with Gasteiger partial charge < -0.3 is 10.1 Å². The Labute approximate surface area is 112 Å². The van der Waals surface area contributed by atoms with E-state index in [-0.39, 0.29) is 6.42 Å². The minimum Gasteiger partial charge on any atom is -0.481 e. The molecule has 0 fully saturated rings. The fourth-order valence-corrected chi connectivity index (χ4v) is 2.05. The van der Waals surface area contributed by atoms with E-state index in [1.165, 1.54) is 5.56 Å². The van der Waals surface area contributed by atoms with E-state index in [0.717, 1.165) is 29.2 Å². The standard InChI is InChI=1S/C15H18N2O2/c1-3-11-4-6-12(7-5-11)15-10(2)16-13(17-15)8-9-14(18)19/h4-7H,3,8-9H2,1-2H3,(H,16,17)(H,18,19). The lowest BCUT2D eigenvalue weighted by molar-refractivity contribution is -0.137. The van der Waals surface area contributed by atoms with Crippen molar-refractivity contribution >= 4 is 5.97 Å². The lowest BCUT2D eigenvalue weighted by Gasteiger charge is -2.00. The van der Waals surface area contributed by atoms with Gasteiger partial charge in [0.25, 0.3) is 0 Å². The summed E-state index contributed by atoms with van der Waals surface area (Å²) >= 11 is 0. The van der Waals surface area contributed by atoms with Crippen molar-refractivity contribution in [3.05, 3.63) is 41.3 Å². The van der Waals surface area contributed by atoms with Crippen LogP contribution in [0.1, 0.15) is 30.4 Å². The van der Waals surface area contributed by atoms with Crippen LogP contribution in [0.2, 0.25) is 0 Å². The maximum Gasteiger partial charge on any atom is 0.303 e. The van der Waals surface area contributed by atoms with Crippen LogP contribution >= 0.6 is 0 Å². The van der Waals surface area contributed by atoms with E-state index in [2.05, 4.69) is 41.2 Å². The van der Waals surface area contributed by atoms with E-state index >= 15 is 0 Å². The molecule has 2 N–H and O–H groups in total. The van der Waals surface area contributed by atoms with Crippen LogP contribution in [-0.4, -0.2) is 21.0 Å². The molecule has 0 aliphatic heterocycles. The molecule has 0 bridgehead atoms. The molecule has 4 heteroatoms. The van der Waals surface area contributed by atoms with Gasteiger partial charge in [0.1, 0.15) is 5.82 Å². The highest BCUT2D eigenvalue weighted by Crippen LogP contribution is 2.22. The van der Waals surface area contributed by atoms with Gasteiger partial charge >= 0.3 is 5.97 Å². The van der Waals surface area contributed by atoms with Gasteiger partial charge in [-0.2, -0.15) is 0 Å². The Hall–Kier alpha value is -2.10. The lowest BCUT2D eigenvalue weighted by atomic mass is 10.1. The highest BCUT2D eigenvalue weighted by atomic mass is 16.4. The molecule has 19 heavy (non-hydrogen) atoms. The number of nitrogens with one attached hydrogen (secondary N) is 1. The van der Waals surface area contributed by atoms with Crippen LogP contribution in [0.15, 0.2) is 24.3 Å². The Kier molecular flexibility index (Phi) is 4.00. The topological polar surface area (TPSA) is 66.0 Å². The molecule has 100 valence electrons. The van der Waals surface area contributed by atoms with Crippen LogP contribution in [0.3, 0.4) is 0 Å². The third-order valence-electron chi connectivity index (χ3n) is 3.15. The van der Waals surface area contributed by atoms with Crippen molar-refractivity contribution in [2.75, 3.05) is 0 Å². The van der Waals surface area contributed by atoms with E-state index in [4.69, 9.17) is 5.11 Å². The summed E-state index contributed by atoms with van der Waals surface area (Å²) < 4.78 is 0. The Morgan fingerprint density at radius 1 is 1.32 bits per heavy atom. The van der Waals surface area contributed by atoms with Crippen molar-refractivity contribution in [3.8, 4) is 11.3 Å². The normalized spacial score (nSPS) is 10.6. The molecule has 1 aromatic carbocycles. The van der Waals surface area contributed by atoms with Crippen molar-refractivity contribution in [2.45, 2.75) is 33.1 Å². The first kappa shape index (κ1) is 13.3. The molecular weight excluding hydrogens is 240 g/mol. The second kappa shape index (κ2) is 5.69. The summed E-state index contributed by atoms with van der Waals surface area (Å²) in [7, 11) is 0. The highest BCUT2D eigenvalue weighted by molar-refractivity contribution is 5.67. The number of aliphatic carboxylic acids is 1. The van der Waals surface area contributed by atoms with Crippen LogP contribution in [0, 0.1) is 6.92 Å². The highest BCUT2D eigenvalue weighted by Gasteiger charge is 2.10. The monoisotopic (exact) mass is 258 g/mol. The molecule has 0 aliphatic carbocycles. The summed E-state index contributed by atoms with van der Waals surface area (Å²) in [4.78, 5) is 18.2. The van der Waals surface area contributed by atoms with E-state index < -0.39 is 5.97 Å². The van der Waals surface area contributed by atoms with Gasteiger partial charge in [0, 0.05) is 17.7 Å². The number of carboxylic acid groups (broad SMARTS) is 1. The van der Waals surface area contributed by atoms with E-state index in [1.54, 1.807) is 0 Å². The molecule has 4 nitrogen and oxygen atoms in total. The molecule has 0 amide bonds. The minimum absolute atomic E-state index is 0.0984. The van der Waals surface area contributed by atoms with Gasteiger partial charge in [0.15, 0.2) is 0 Å². The van der Waals surface area contributed by atoms with Gasteiger partial charge in [-0.1, -0.05) is 31.2 Å². The van der Waals surface area contributed by atoms with Crippen LogP contribution in [0.5, 0.6) is 0 Å². The fourth-order valence-electron chi connectivity index (χ4n) is 2.05. The Balaban J connectivity index is 2.21. The largest absolute Gasteiger partial charge is 0.481 e. The van der Waals surface area contributed by atoms with Crippen molar-refractivity contribution < 1.29 is 9.90 Å². The molecule has 2 aromatic rings. The average Bonchev–Trinajstić information content (AvgIpc) is 2.78. The number of hydrogen-bond donors (Lipinski definition) is 2.